The number of hydrogen-bond acceptors (Lipinski definition) is 4. The summed E-state index contributed by atoms with van der Waals surface area (Å²) in [5.41, 5.74) is 1.69. The first-order valence-electron chi connectivity index (χ1n) is 8.55. The van der Waals surface area contributed by atoms with E-state index in [0.29, 0.717) is 28.0 Å². The molecule has 1 atom stereocenters. The standard InChI is InChI=1S/C19H17F2N3OS2/c1-11-6-7-24(16-4-2-3-5-17(16)27-11)18(25)10-26-19-22-14-8-12(20)13(21)9-15(14)23-19/h2-5,8-9,11H,6-7,10H2,1H3,(H,22,23). The van der Waals surface area contributed by atoms with Gasteiger partial charge in [0.25, 0.3) is 0 Å². The van der Waals surface area contributed by atoms with Gasteiger partial charge in [-0.15, -0.1) is 11.8 Å². The molecule has 1 N–H and O–H groups in total. The summed E-state index contributed by atoms with van der Waals surface area (Å²) in [5, 5.41) is 0.908. The van der Waals surface area contributed by atoms with E-state index in [9.17, 15) is 13.6 Å². The highest BCUT2D eigenvalue weighted by Gasteiger charge is 2.24. The van der Waals surface area contributed by atoms with Gasteiger partial charge in [0.15, 0.2) is 16.8 Å². The van der Waals surface area contributed by atoms with Crippen LogP contribution in [0.5, 0.6) is 0 Å². The molecule has 1 aromatic heterocycles. The number of halogens is 2. The zero-order valence-corrected chi connectivity index (χ0v) is 16.2. The predicted molar refractivity (Wildman–Crippen MR) is 105 cm³/mol. The number of aromatic amines is 1. The van der Waals surface area contributed by atoms with Crippen molar-refractivity contribution in [3.63, 3.8) is 0 Å². The number of para-hydroxylation sites is 1. The second-order valence-electron chi connectivity index (χ2n) is 6.34. The number of aromatic nitrogens is 2. The summed E-state index contributed by atoms with van der Waals surface area (Å²) >= 11 is 3.02. The lowest BCUT2D eigenvalue weighted by atomic mass is 10.2. The molecule has 0 saturated carbocycles. The first-order valence-corrected chi connectivity index (χ1v) is 10.4. The number of benzene rings is 2. The molecule has 4 rings (SSSR count). The maximum Gasteiger partial charge on any atom is 0.237 e. The molecule has 27 heavy (non-hydrogen) atoms. The van der Waals surface area contributed by atoms with Gasteiger partial charge in [-0.25, -0.2) is 13.8 Å². The second-order valence-corrected chi connectivity index (χ2v) is 8.79. The van der Waals surface area contributed by atoms with Crippen molar-refractivity contribution in [3.8, 4) is 0 Å². The van der Waals surface area contributed by atoms with Crippen molar-refractivity contribution in [3.05, 3.63) is 48.0 Å². The summed E-state index contributed by atoms with van der Waals surface area (Å²) in [6.07, 6.45) is 0.916. The number of hydrogen-bond donors (Lipinski definition) is 1. The fourth-order valence-corrected chi connectivity index (χ4v) is 4.88. The highest BCUT2D eigenvalue weighted by molar-refractivity contribution is 8.00. The summed E-state index contributed by atoms with van der Waals surface area (Å²) in [5.74, 6) is -1.68. The van der Waals surface area contributed by atoms with Crippen molar-refractivity contribution in [1.82, 2.24) is 9.97 Å². The monoisotopic (exact) mass is 405 g/mol. The number of thioether (sulfide) groups is 2. The maximum absolute atomic E-state index is 13.3. The minimum absolute atomic E-state index is 0.0139. The number of rotatable bonds is 3. The number of nitrogens with one attached hydrogen (secondary N) is 1. The number of imidazole rings is 1. The van der Waals surface area contributed by atoms with E-state index >= 15 is 0 Å². The molecule has 4 nitrogen and oxygen atoms in total. The Hall–Kier alpha value is -2.06. The first kappa shape index (κ1) is 18.3. The van der Waals surface area contributed by atoms with E-state index in [1.807, 2.05) is 29.2 Å². The number of nitrogens with zero attached hydrogens (tertiary/aromatic N) is 2. The Balaban J connectivity index is 1.51. The normalized spacial score (nSPS) is 17.0. The highest BCUT2D eigenvalue weighted by Crippen LogP contribution is 2.37. The van der Waals surface area contributed by atoms with Crippen LogP contribution < -0.4 is 4.90 Å². The average Bonchev–Trinajstić information content (AvgIpc) is 2.94. The van der Waals surface area contributed by atoms with Crippen molar-refractivity contribution in [1.29, 1.82) is 0 Å². The molecule has 2 aromatic carbocycles. The fraction of sp³-hybridized carbons (Fsp3) is 0.263. The molecule has 0 aliphatic carbocycles. The third-order valence-corrected chi connectivity index (χ3v) is 6.47. The molecule has 1 aliphatic rings. The summed E-state index contributed by atoms with van der Waals surface area (Å²) in [7, 11) is 0. The molecule has 1 unspecified atom stereocenters. The van der Waals surface area contributed by atoms with Crippen molar-refractivity contribution < 1.29 is 13.6 Å². The lowest BCUT2D eigenvalue weighted by Crippen LogP contribution is -2.33. The van der Waals surface area contributed by atoms with E-state index in [-0.39, 0.29) is 11.7 Å². The van der Waals surface area contributed by atoms with Gasteiger partial charge in [-0.05, 0) is 18.6 Å². The molecule has 0 radical (unpaired) electrons. The van der Waals surface area contributed by atoms with Crippen molar-refractivity contribution in [2.45, 2.75) is 28.6 Å². The van der Waals surface area contributed by atoms with E-state index in [1.54, 1.807) is 11.8 Å². The molecule has 1 aliphatic heterocycles. The molecule has 0 fully saturated rings. The van der Waals surface area contributed by atoms with Crippen LogP contribution in [-0.2, 0) is 4.79 Å². The molecule has 0 spiro atoms. The predicted octanol–water partition coefficient (Wildman–Crippen LogP) is 4.85. The summed E-state index contributed by atoms with van der Waals surface area (Å²) in [6, 6.07) is 10.1. The van der Waals surface area contributed by atoms with Crippen LogP contribution in [0.1, 0.15) is 13.3 Å². The molecule has 1 amide bonds. The molecule has 3 aromatic rings. The molecule has 8 heteroatoms. The van der Waals surface area contributed by atoms with Crippen molar-refractivity contribution in [2.75, 3.05) is 17.2 Å². The van der Waals surface area contributed by atoms with Gasteiger partial charge in [-0.2, -0.15) is 0 Å². The lowest BCUT2D eigenvalue weighted by Gasteiger charge is -2.22. The minimum Gasteiger partial charge on any atom is -0.333 e. The van der Waals surface area contributed by atoms with Crippen LogP contribution in [0.2, 0.25) is 0 Å². The van der Waals surface area contributed by atoms with Gasteiger partial charge in [0.1, 0.15) is 0 Å². The summed E-state index contributed by atoms with van der Waals surface area (Å²) in [6.45, 7) is 2.83. The highest BCUT2D eigenvalue weighted by atomic mass is 32.2. The Morgan fingerprint density at radius 3 is 2.96 bits per heavy atom. The largest absolute Gasteiger partial charge is 0.333 e. The third kappa shape index (κ3) is 3.82. The Labute approximate surface area is 163 Å². The first-order chi connectivity index (χ1) is 13.0. The van der Waals surface area contributed by atoms with E-state index in [0.717, 1.165) is 29.1 Å². The van der Waals surface area contributed by atoms with Gasteiger partial charge in [0, 0.05) is 28.8 Å². The van der Waals surface area contributed by atoms with Crippen LogP contribution in [0.4, 0.5) is 14.5 Å². The molecular formula is C19H17F2N3OS2. The molecule has 2 heterocycles. The van der Waals surface area contributed by atoms with Gasteiger partial charge in [-0.1, -0.05) is 30.8 Å². The lowest BCUT2D eigenvalue weighted by molar-refractivity contribution is -0.116. The summed E-state index contributed by atoms with van der Waals surface area (Å²) in [4.78, 5) is 22.9. The van der Waals surface area contributed by atoms with Crippen LogP contribution >= 0.6 is 23.5 Å². The van der Waals surface area contributed by atoms with Gasteiger partial charge < -0.3 is 9.88 Å². The van der Waals surface area contributed by atoms with Crippen LogP contribution in [0.15, 0.2) is 46.5 Å². The van der Waals surface area contributed by atoms with Crippen LogP contribution in [-0.4, -0.2) is 33.4 Å². The zero-order valence-electron chi connectivity index (χ0n) is 14.5. The van der Waals surface area contributed by atoms with E-state index in [4.69, 9.17) is 0 Å². The quantitative estimate of drug-likeness (QED) is 0.633. The van der Waals surface area contributed by atoms with Gasteiger partial charge >= 0.3 is 0 Å². The smallest absolute Gasteiger partial charge is 0.237 e. The van der Waals surface area contributed by atoms with Crippen LogP contribution in [0.25, 0.3) is 11.0 Å². The molecular weight excluding hydrogens is 388 g/mol. The number of amides is 1. The molecule has 0 bridgehead atoms. The Morgan fingerprint density at radius 1 is 1.33 bits per heavy atom. The van der Waals surface area contributed by atoms with Crippen LogP contribution in [0, 0.1) is 11.6 Å². The van der Waals surface area contributed by atoms with E-state index in [2.05, 4.69) is 16.9 Å². The molecule has 0 saturated heterocycles. The Bertz CT molecular complexity index is 969. The van der Waals surface area contributed by atoms with Gasteiger partial charge in [0.2, 0.25) is 5.91 Å². The van der Waals surface area contributed by atoms with Gasteiger partial charge in [-0.3, -0.25) is 4.79 Å². The average molecular weight is 405 g/mol. The Morgan fingerprint density at radius 2 is 2.11 bits per heavy atom. The van der Waals surface area contributed by atoms with Crippen molar-refractivity contribution in [2.24, 2.45) is 0 Å². The number of anilines is 1. The topological polar surface area (TPSA) is 49.0 Å². The number of fused-ring (bicyclic) bond motifs is 2. The maximum atomic E-state index is 13.3. The third-order valence-electron chi connectivity index (χ3n) is 4.38. The van der Waals surface area contributed by atoms with E-state index in [1.165, 1.54) is 11.8 Å². The van der Waals surface area contributed by atoms with E-state index < -0.39 is 11.6 Å². The summed E-state index contributed by atoms with van der Waals surface area (Å²) < 4.78 is 26.7. The second kappa shape index (κ2) is 7.52. The number of carbonyl (C=O) groups excluding carboxylic acids is 1. The molecule has 140 valence electrons. The fourth-order valence-electron chi connectivity index (χ4n) is 3.00. The number of carbonyl (C=O) groups is 1. The minimum atomic E-state index is -0.936. The SMILES string of the molecule is CC1CCN(C(=O)CSc2nc3cc(F)c(F)cc3[nH]2)c2ccccc2S1. The van der Waals surface area contributed by atoms with Gasteiger partial charge in [0.05, 0.1) is 22.5 Å². The zero-order chi connectivity index (χ0) is 19.0. The Kier molecular flexibility index (Phi) is 5.10. The number of H-pyrrole nitrogens is 1. The van der Waals surface area contributed by atoms with Crippen LogP contribution in [0.3, 0.4) is 0 Å². The van der Waals surface area contributed by atoms with Crippen molar-refractivity contribution >= 4 is 46.2 Å².